The third-order valence-electron chi connectivity index (χ3n) is 3.69. The number of carbonyl (C=O) groups is 2. The van der Waals surface area contributed by atoms with Crippen molar-refractivity contribution in [2.75, 3.05) is 7.11 Å². The topological polar surface area (TPSA) is 80.6 Å². The van der Waals surface area contributed by atoms with E-state index in [4.69, 9.17) is 9.15 Å². The molecule has 1 aromatic heterocycles. The third-order valence-corrected chi connectivity index (χ3v) is 4.22. The first kappa shape index (κ1) is 17.0. The largest absolute Gasteiger partial charge is 0.497 e. The van der Waals surface area contributed by atoms with Crippen LogP contribution in [0.1, 0.15) is 26.5 Å². The third kappa shape index (κ3) is 3.51. The molecular formula is C18H15BrN2O4. The average Bonchev–Trinajstić information content (AvgIpc) is 2.94. The van der Waals surface area contributed by atoms with Gasteiger partial charge in [-0.2, -0.15) is 0 Å². The molecule has 0 saturated heterocycles. The lowest BCUT2D eigenvalue weighted by molar-refractivity contribution is 0.0846. The number of fused-ring (bicyclic) bond motifs is 1. The average molecular weight is 403 g/mol. The van der Waals surface area contributed by atoms with Gasteiger partial charge in [-0.25, -0.2) is 0 Å². The molecule has 7 heteroatoms. The zero-order chi connectivity index (χ0) is 18.0. The van der Waals surface area contributed by atoms with Crippen molar-refractivity contribution in [1.82, 2.24) is 10.9 Å². The Morgan fingerprint density at radius 1 is 1.04 bits per heavy atom. The molecule has 1 heterocycles. The molecule has 0 unspecified atom stereocenters. The van der Waals surface area contributed by atoms with Gasteiger partial charge < -0.3 is 9.15 Å². The van der Waals surface area contributed by atoms with Gasteiger partial charge in [-0.3, -0.25) is 20.4 Å². The zero-order valence-electron chi connectivity index (χ0n) is 13.6. The second kappa shape index (κ2) is 6.98. The predicted octanol–water partition coefficient (Wildman–Crippen LogP) is 3.59. The standard InChI is InChI=1S/C18H15BrN2O4/c1-10-16(14-9-13(24-2)7-8-15(14)25-10)18(23)21-20-17(22)11-3-5-12(19)6-4-11/h3-9H,1-2H3,(H,20,22)(H,21,23). The van der Waals surface area contributed by atoms with E-state index in [1.165, 1.54) is 0 Å². The van der Waals surface area contributed by atoms with E-state index in [1.54, 1.807) is 56.5 Å². The van der Waals surface area contributed by atoms with Crippen molar-refractivity contribution in [2.45, 2.75) is 6.92 Å². The number of furan rings is 1. The number of benzene rings is 2. The molecule has 128 valence electrons. The van der Waals surface area contributed by atoms with E-state index in [-0.39, 0.29) is 0 Å². The molecule has 0 aliphatic heterocycles. The molecular weight excluding hydrogens is 388 g/mol. The monoisotopic (exact) mass is 402 g/mol. The van der Waals surface area contributed by atoms with Crippen molar-refractivity contribution in [3.8, 4) is 5.75 Å². The van der Waals surface area contributed by atoms with Crippen LogP contribution < -0.4 is 15.6 Å². The first-order valence-corrected chi connectivity index (χ1v) is 8.22. The van der Waals surface area contributed by atoms with E-state index in [0.29, 0.717) is 33.6 Å². The Hall–Kier alpha value is -2.80. The van der Waals surface area contributed by atoms with E-state index in [1.807, 2.05) is 0 Å². The van der Waals surface area contributed by atoms with Crippen LogP contribution in [0.2, 0.25) is 0 Å². The number of ether oxygens (including phenoxy) is 1. The van der Waals surface area contributed by atoms with Crippen LogP contribution in [0.3, 0.4) is 0 Å². The summed E-state index contributed by atoms with van der Waals surface area (Å²) in [4.78, 5) is 24.6. The minimum absolute atomic E-state index is 0.352. The summed E-state index contributed by atoms with van der Waals surface area (Å²) < 4.78 is 11.6. The van der Waals surface area contributed by atoms with Crippen LogP contribution in [0.15, 0.2) is 51.4 Å². The second-order valence-electron chi connectivity index (χ2n) is 5.31. The quantitative estimate of drug-likeness (QED) is 0.655. The Morgan fingerprint density at radius 3 is 2.40 bits per heavy atom. The van der Waals surface area contributed by atoms with Crippen LogP contribution in [-0.4, -0.2) is 18.9 Å². The highest BCUT2D eigenvalue weighted by Crippen LogP contribution is 2.28. The van der Waals surface area contributed by atoms with Gasteiger partial charge in [0.05, 0.1) is 12.7 Å². The molecule has 6 nitrogen and oxygen atoms in total. The summed E-state index contributed by atoms with van der Waals surface area (Å²) in [6.07, 6.45) is 0. The fourth-order valence-corrected chi connectivity index (χ4v) is 2.72. The van der Waals surface area contributed by atoms with Crippen molar-refractivity contribution in [2.24, 2.45) is 0 Å². The summed E-state index contributed by atoms with van der Waals surface area (Å²) in [5, 5.41) is 0.618. The van der Waals surface area contributed by atoms with Gasteiger partial charge in [0.15, 0.2) is 0 Å². The minimum atomic E-state index is -0.463. The van der Waals surface area contributed by atoms with Crippen LogP contribution in [-0.2, 0) is 0 Å². The molecule has 0 aliphatic carbocycles. The molecule has 0 fully saturated rings. The Labute approximate surface area is 152 Å². The predicted molar refractivity (Wildman–Crippen MR) is 96.6 cm³/mol. The van der Waals surface area contributed by atoms with Gasteiger partial charge in [-0.1, -0.05) is 15.9 Å². The Morgan fingerprint density at radius 2 is 1.72 bits per heavy atom. The number of hydrogen-bond acceptors (Lipinski definition) is 4. The van der Waals surface area contributed by atoms with Gasteiger partial charge in [0.1, 0.15) is 17.1 Å². The molecule has 2 amide bonds. The summed E-state index contributed by atoms with van der Waals surface area (Å²) in [6, 6.07) is 12.0. The number of carbonyl (C=O) groups excluding carboxylic acids is 2. The molecule has 2 aromatic carbocycles. The molecule has 0 aliphatic rings. The molecule has 3 aromatic rings. The van der Waals surface area contributed by atoms with Crippen LogP contribution in [0.5, 0.6) is 5.75 Å². The van der Waals surface area contributed by atoms with Gasteiger partial charge in [0.2, 0.25) is 0 Å². The maximum absolute atomic E-state index is 12.5. The van der Waals surface area contributed by atoms with E-state index in [9.17, 15) is 9.59 Å². The maximum atomic E-state index is 12.5. The lowest BCUT2D eigenvalue weighted by Gasteiger charge is -2.07. The number of nitrogens with one attached hydrogen (secondary N) is 2. The fraction of sp³-hybridized carbons (Fsp3) is 0.111. The Bertz CT molecular complexity index is 948. The first-order chi connectivity index (χ1) is 12.0. The maximum Gasteiger partial charge on any atom is 0.273 e. The summed E-state index contributed by atoms with van der Waals surface area (Å²) in [5.41, 5.74) is 6.17. The Balaban J connectivity index is 1.79. The van der Waals surface area contributed by atoms with Gasteiger partial charge in [0, 0.05) is 15.4 Å². The van der Waals surface area contributed by atoms with E-state index in [0.717, 1.165) is 4.47 Å². The van der Waals surface area contributed by atoms with E-state index >= 15 is 0 Å². The summed E-state index contributed by atoms with van der Waals surface area (Å²) in [7, 11) is 1.55. The lowest BCUT2D eigenvalue weighted by atomic mass is 10.1. The Kier molecular flexibility index (Phi) is 4.76. The highest BCUT2D eigenvalue weighted by Gasteiger charge is 2.19. The minimum Gasteiger partial charge on any atom is -0.497 e. The molecule has 3 rings (SSSR count). The van der Waals surface area contributed by atoms with Crippen LogP contribution in [0.25, 0.3) is 11.0 Å². The number of hydrogen-bond donors (Lipinski definition) is 2. The first-order valence-electron chi connectivity index (χ1n) is 7.43. The highest BCUT2D eigenvalue weighted by molar-refractivity contribution is 9.10. The molecule has 0 atom stereocenters. The van der Waals surface area contributed by atoms with Crippen molar-refractivity contribution in [1.29, 1.82) is 0 Å². The van der Waals surface area contributed by atoms with E-state index in [2.05, 4.69) is 26.8 Å². The number of amides is 2. The second-order valence-corrected chi connectivity index (χ2v) is 6.23. The van der Waals surface area contributed by atoms with E-state index < -0.39 is 11.8 Å². The number of rotatable bonds is 3. The summed E-state index contributed by atoms with van der Waals surface area (Å²) in [5.74, 6) is 0.193. The van der Waals surface area contributed by atoms with Crippen molar-refractivity contribution in [3.05, 3.63) is 63.8 Å². The molecule has 25 heavy (non-hydrogen) atoms. The summed E-state index contributed by atoms with van der Waals surface area (Å²) in [6.45, 7) is 1.69. The van der Waals surface area contributed by atoms with Crippen molar-refractivity contribution < 1.29 is 18.7 Å². The van der Waals surface area contributed by atoms with Crippen LogP contribution in [0, 0.1) is 6.92 Å². The molecule has 0 saturated carbocycles. The number of methoxy groups -OCH3 is 1. The van der Waals surface area contributed by atoms with Crippen molar-refractivity contribution in [3.63, 3.8) is 0 Å². The van der Waals surface area contributed by atoms with Crippen LogP contribution >= 0.6 is 15.9 Å². The smallest absolute Gasteiger partial charge is 0.273 e. The van der Waals surface area contributed by atoms with Gasteiger partial charge in [-0.05, 0) is 49.4 Å². The highest BCUT2D eigenvalue weighted by atomic mass is 79.9. The molecule has 0 spiro atoms. The number of hydrazine groups is 1. The SMILES string of the molecule is COc1ccc2oc(C)c(C(=O)NNC(=O)c3ccc(Br)cc3)c2c1. The molecule has 0 bridgehead atoms. The summed E-state index contributed by atoms with van der Waals surface area (Å²) >= 11 is 3.30. The zero-order valence-corrected chi connectivity index (χ0v) is 15.1. The van der Waals surface area contributed by atoms with Gasteiger partial charge in [0.25, 0.3) is 11.8 Å². The van der Waals surface area contributed by atoms with Gasteiger partial charge >= 0.3 is 0 Å². The van der Waals surface area contributed by atoms with Crippen LogP contribution in [0.4, 0.5) is 0 Å². The number of aryl methyl sites for hydroxylation is 1. The molecule has 2 N–H and O–H groups in total. The normalized spacial score (nSPS) is 10.5. The molecule has 0 radical (unpaired) electrons. The fourth-order valence-electron chi connectivity index (χ4n) is 2.46. The lowest BCUT2D eigenvalue weighted by Crippen LogP contribution is -2.41. The van der Waals surface area contributed by atoms with Gasteiger partial charge in [-0.15, -0.1) is 0 Å². The number of halogens is 1. The van der Waals surface area contributed by atoms with Crippen molar-refractivity contribution >= 4 is 38.7 Å².